The Labute approximate surface area is 195 Å². The van der Waals surface area contributed by atoms with Gasteiger partial charge in [-0.25, -0.2) is 18.4 Å². The average molecular weight is 493 g/mol. The van der Waals surface area contributed by atoms with Gasteiger partial charge in [-0.2, -0.15) is 0 Å². The topological polar surface area (TPSA) is 110 Å². The Bertz CT molecular complexity index is 1230. The zero-order valence-corrected chi connectivity index (χ0v) is 19.9. The predicted molar refractivity (Wildman–Crippen MR) is 126 cm³/mol. The SMILES string of the molecule is COc1ccc(NC(=O)CSc2nc(C)cc(C)n2)cc1S(=O)(=O)Nc1ccccc1Cl. The normalized spacial score (nSPS) is 11.1. The van der Waals surface area contributed by atoms with E-state index >= 15 is 0 Å². The smallest absolute Gasteiger partial charge is 0.265 e. The summed E-state index contributed by atoms with van der Waals surface area (Å²) in [6.07, 6.45) is 0. The molecule has 2 N–H and O–H groups in total. The summed E-state index contributed by atoms with van der Waals surface area (Å²) in [6.45, 7) is 3.71. The second kappa shape index (κ2) is 10.2. The first-order valence-corrected chi connectivity index (χ1v) is 12.2. The second-order valence-electron chi connectivity index (χ2n) is 6.72. The Balaban J connectivity index is 1.76. The van der Waals surface area contributed by atoms with Gasteiger partial charge < -0.3 is 10.1 Å². The summed E-state index contributed by atoms with van der Waals surface area (Å²) in [7, 11) is -2.67. The Kier molecular flexibility index (Phi) is 7.60. The molecule has 0 saturated heterocycles. The summed E-state index contributed by atoms with van der Waals surface area (Å²) in [5.74, 6) is -0.139. The third-order valence-corrected chi connectivity index (χ3v) is 6.71. The van der Waals surface area contributed by atoms with Crippen molar-refractivity contribution in [2.24, 2.45) is 0 Å². The standard InChI is InChI=1S/C21H21ClN4O4S2/c1-13-10-14(2)24-21(23-13)31-12-20(27)25-15-8-9-18(30-3)19(11-15)32(28,29)26-17-7-5-4-6-16(17)22/h4-11,26H,12H2,1-3H3,(H,25,27). The molecule has 0 aliphatic rings. The Morgan fingerprint density at radius 3 is 2.44 bits per heavy atom. The molecule has 1 heterocycles. The van der Waals surface area contributed by atoms with Gasteiger partial charge in [-0.05, 0) is 50.2 Å². The van der Waals surface area contributed by atoms with Crippen molar-refractivity contribution in [3.63, 3.8) is 0 Å². The fraction of sp³-hybridized carbons (Fsp3) is 0.190. The third-order valence-electron chi connectivity index (χ3n) is 4.15. The van der Waals surface area contributed by atoms with Gasteiger partial charge in [0.05, 0.1) is 23.6 Å². The van der Waals surface area contributed by atoms with Crippen LogP contribution in [0.2, 0.25) is 5.02 Å². The molecule has 0 aliphatic carbocycles. The maximum Gasteiger partial charge on any atom is 0.265 e. The maximum atomic E-state index is 13.0. The van der Waals surface area contributed by atoms with Crippen LogP contribution in [-0.4, -0.2) is 37.2 Å². The summed E-state index contributed by atoms with van der Waals surface area (Å²) >= 11 is 7.26. The van der Waals surface area contributed by atoms with E-state index in [-0.39, 0.29) is 33.0 Å². The predicted octanol–water partition coefficient (Wildman–Crippen LogP) is 4.29. The molecule has 0 saturated carbocycles. The van der Waals surface area contributed by atoms with Gasteiger partial charge in [-0.1, -0.05) is 35.5 Å². The monoisotopic (exact) mass is 492 g/mol. The van der Waals surface area contributed by atoms with Gasteiger partial charge in [-0.15, -0.1) is 0 Å². The first-order chi connectivity index (χ1) is 15.2. The van der Waals surface area contributed by atoms with Crippen molar-refractivity contribution in [3.8, 4) is 5.75 Å². The van der Waals surface area contributed by atoms with Crippen molar-refractivity contribution in [2.75, 3.05) is 22.9 Å². The second-order valence-corrected chi connectivity index (χ2v) is 9.72. The Morgan fingerprint density at radius 1 is 1.09 bits per heavy atom. The fourth-order valence-electron chi connectivity index (χ4n) is 2.79. The zero-order chi connectivity index (χ0) is 23.3. The van der Waals surface area contributed by atoms with Crippen LogP contribution in [0.1, 0.15) is 11.4 Å². The van der Waals surface area contributed by atoms with Crippen LogP contribution in [0, 0.1) is 13.8 Å². The highest BCUT2D eigenvalue weighted by Crippen LogP contribution is 2.31. The molecule has 0 atom stereocenters. The number of sulfonamides is 1. The van der Waals surface area contributed by atoms with Crippen LogP contribution >= 0.6 is 23.4 Å². The summed E-state index contributed by atoms with van der Waals surface area (Å²) in [4.78, 5) is 20.8. The lowest BCUT2D eigenvalue weighted by atomic mass is 10.3. The maximum absolute atomic E-state index is 13.0. The lowest BCUT2D eigenvalue weighted by molar-refractivity contribution is -0.113. The first kappa shape index (κ1) is 23.8. The molecule has 0 bridgehead atoms. The van der Waals surface area contributed by atoms with Gasteiger partial charge in [-0.3, -0.25) is 9.52 Å². The van der Waals surface area contributed by atoms with E-state index in [1.807, 2.05) is 19.9 Å². The number of methoxy groups -OCH3 is 1. The number of rotatable bonds is 8. The molecule has 3 aromatic rings. The van der Waals surface area contributed by atoms with Crippen molar-refractivity contribution in [2.45, 2.75) is 23.9 Å². The van der Waals surface area contributed by atoms with Crippen LogP contribution in [0.25, 0.3) is 0 Å². The van der Waals surface area contributed by atoms with Crippen molar-refractivity contribution < 1.29 is 17.9 Å². The van der Waals surface area contributed by atoms with Crippen molar-refractivity contribution in [3.05, 3.63) is 64.9 Å². The molecular weight excluding hydrogens is 472 g/mol. The van der Waals surface area contributed by atoms with Gasteiger partial charge >= 0.3 is 0 Å². The van der Waals surface area contributed by atoms with Gasteiger partial charge in [0.15, 0.2) is 5.16 Å². The van der Waals surface area contributed by atoms with E-state index in [0.29, 0.717) is 10.8 Å². The molecule has 1 amide bonds. The van der Waals surface area contributed by atoms with Gasteiger partial charge in [0.1, 0.15) is 10.6 Å². The number of thioether (sulfide) groups is 1. The number of nitrogens with zero attached hydrogens (tertiary/aromatic N) is 2. The molecule has 0 spiro atoms. The highest BCUT2D eigenvalue weighted by atomic mass is 35.5. The van der Waals surface area contributed by atoms with Crippen LogP contribution in [0.5, 0.6) is 5.75 Å². The minimum atomic E-state index is -4.04. The lowest BCUT2D eigenvalue weighted by Crippen LogP contribution is -2.17. The number of amides is 1. The van der Waals surface area contributed by atoms with Gasteiger partial charge in [0.2, 0.25) is 5.91 Å². The molecule has 0 aliphatic heterocycles. The van der Waals surface area contributed by atoms with E-state index in [1.54, 1.807) is 30.3 Å². The average Bonchev–Trinajstić information content (AvgIpc) is 2.73. The molecule has 32 heavy (non-hydrogen) atoms. The van der Waals surface area contributed by atoms with Crippen LogP contribution in [0.15, 0.2) is 58.6 Å². The largest absolute Gasteiger partial charge is 0.495 e. The van der Waals surface area contributed by atoms with Crippen LogP contribution in [0.4, 0.5) is 11.4 Å². The lowest BCUT2D eigenvalue weighted by Gasteiger charge is -2.14. The van der Waals surface area contributed by atoms with Crippen LogP contribution in [-0.2, 0) is 14.8 Å². The molecule has 0 unspecified atom stereocenters. The third kappa shape index (κ3) is 6.12. The molecule has 11 heteroatoms. The fourth-order valence-corrected chi connectivity index (χ4v) is 5.06. The highest BCUT2D eigenvalue weighted by Gasteiger charge is 2.22. The van der Waals surface area contributed by atoms with Crippen LogP contribution in [0.3, 0.4) is 0 Å². The van der Waals surface area contributed by atoms with E-state index in [1.165, 1.54) is 31.0 Å². The van der Waals surface area contributed by atoms with Crippen LogP contribution < -0.4 is 14.8 Å². The number of halogens is 1. The number of hydrogen-bond acceptors (Lipinski definition) is 7. The number of hydrogen-bond donors (Lipinski definition) is 2. The number of para-hydroxylation sites is 1. The van der Waals surface area contributed by atoms with E-state index < -0.39 is 10.0 Å². The molecular formula is C21H21ClN4O4S2. The Hall–Kier alpha value is -2.82. The number of ether oxygens (including phenoxy) is 1. The van der Waals surface area contributed by atoms with Crippen molar-refractivity contribution >= 4 is 50.7 Å². The highest BCUT2D eigenvalue weighted by molar-refractivity contribution is 7.99. The van der Waals surface area contributed by atoms with Crippen molar-refractivity contribution in [1.82, 2.24) is 9.97 Å². The quantitative estimate of drug-likeness (QED) is 0.356. The molecule has 1 aromatic heterocycles. The number of nitrogens with one attached hydrogen (secondary N) is 2. The number of aromatic nitrogens is 2. The van der Waals surface area contributed by atoms with E-state index in [9.17, 15) is 13.2 Å². The number of carbonyl (C=O) groups is 1. The van der Waals surface area contributed by atoms with Gasteiger partial charge in [0, 0.05) is 17.1 Å². The van der Waals surface area contributed by atoms with Gasteiger partial charge in [0.25, 0.3) is 10.0 Å². The molecule has 0 fully saturated rings. The molecule has 8 nitrogen and oxygen atoms in total. The minimum Gasteiger partial charge on any atom is -0.495 e. The number of benzene rings is 2. The van der Waals surface area contributed by atoms with Crippen molar-refractivity contribution in [1.29, 1.82) is 0 Å². The summed E-state index contributed by atoms with van der Waals surface area (Å²) in [6, 6.07) is 12.7. The zero-order valence-electron chi connectivity index (χ0n) is 17.5. The van der Waals surface area contributed by atoms with E-state index in [0.717, 1.165) is 11.4 Å². The summed E-state index contributed by atoms with van der Waals surface area (Å²) in [5, 5.41) is 3.45. The van der Waals surface area contributed by atoms with E-state index in [2.05, 4.69) is 20.0 Å². The number of aryl methyl sites for hydroxylation is 2. The summed E-state index contributed by atoms with van der Waals surface area (Å²) in [5.41, 5.74) is 2.17. The number of anilines is 2. The molecule has 3 rings (SSSR count). The molecule has 0 radical (unpaired) electrons. The van der Waals surface area contributed by atoms with E-state index in [4.69, 9.17) is 16.3 Å². The number of carbonyl (C=O) groups excluding carboxylic acids is 1. The molecule has 2 aromatic carbocycles. The Morgan fingerprint density at radius 2 is 1.78 bits per heavy atom. The minimum absolute atomic E-state index is 0.0644. The molecule has 168 valence electrons. The first-order valence-electron chi connectivity index (χ1n) is 9.38. The summed E-state index contributed by atoms with van der Waals surface area (Å²) < 4.78 is 33.6.